The number of nitro benzene ring substituents is 1. The number of nitro groups is 1. The van der Waals surface area contributed by atoms with Crippen LogP contribution in [0.2, 0.25) is 0 Å². The van der Waals surface area contributed by atoms with Gasteiger partial charge in [0.1, 0.15) is 11.5 Å². The maximum absolute atomic E-state index is 13.4. The Bertz CT molecular complexity index is 1180. The Hall–Kier alpha value is -3.78. The minimum atomic E-state index is -0.451. The smallest absolute Gasteiger partial charge is 0.266 e. The molecule has 6 nitrogen and oxygen atoms in total. The summed E-state index contributed by atoms with van der Waals surface area (Å²) in [7, 11) is 0. The van der Waals surface area contributed by atoms with Gasteiger partial charge in [-0.1, -0.05) is 54.2 Å². The molecule has 31 heavy (non-hydrogen) atoms. The summed E-state index contributed by atoms with van der Waals surface area (Å²) < 4.78 is 13.4. The van der Waals surface area contributed by atoms with Gasteiger partial charge in [0.2, 0.25) is 0 Å². The van der Waals surface area contributed by atoms with E-state index in [2.05, 4.69) is 4.99 Å². The molecule has 1 aliphatic heterocycles. The second-order valence-corrected chi connectivity index (χ2v) is 7.61. The lowest BCUT2D eigenvalue weighted by molar-refractivity contribution is -0.384. The van der Waals surface area contributed by atoms with Gasteiger partial charge in [0.05, 0.1) is 10.6 Å². The summed E-state index contributed by atoms with van der Waals surface area (Å²) in [4.78, 5) is 29.4. The van der Waals surface area contributed by atoms with Gasteiger partial charge in [-0.05, 0) is 41.5 Å². The van der Waals surface area contributed by atoms with Gasteiger partial charge < -0.3 is 0 Å². The highest BCUT2D eigenvalue weighted by Gasteiger charge is 2.32. The fourth-order valence-corrected chi connectivity index (χ4v) is 3.95. The van der Waals surface area contributed by atoms with E-state index in [0.29, 0.717) is 16.6 Å². The van der Waals surface area contributed by atoms with Gasteiger partial charge in [-0.3, -0.25) is 19.8 Å². The van der Waals surface area contributed by atoms with Crippen molar-refractivity contribution in [3.63, 3.8) is 0 Å². The molecule has 0 N–H and O–H groups in total. The van der Waals surface area contributed by atoms with Crippen LogP contribution in [0.4, 0.5) is 15.8 Å². The first kappa shape index (κ1) is 20.5. The monoisotopic (exact) mass is 433 g/mol. The third-order valence-corrected chi connectivity index (χ3v) is 5.54. The molecule has 0 atom stereocenters. The number of nitrogens with zero attached hydrogens (tertiary/aromatic N) is 3. The van der Waals surface area contributed by atoms with E-state index in [-0.39, 0.29) is 17.3 Å². The first-order valence-corrected chi connectivity index (χ1v) is 10.3. The Morgan fingerprint density at radius 3 is 2.32 bits per heavy atom. The molecule has 0 fully saturated rings. The second kappa shape index (κ2) is 8.93. The number of hydrogen-bond acceptors (Lipinski definition) is 5. The van der Waals surface area contributed by atoms with Crippen LogP contribution in [-0.4, -0.2) is 16.0 Å². The van der Waals surface area contributed by atoms with Crippen LogP contribution in [0, 0.1) is 15.9 Å². The molecule has 0 bridgehead atoms. The molecule has 3 aromatic carbocycles. The van der Waals surface area contributed by atoms with Gasteiger partial charge in [0, 0.05) is 17.9 Å². The molecule has 0 unspecified atom stereocenters. The molecule has 0 aliphatic carbocycles. The van der Waals surface area contributed by atoms with Crippen molar-refractivity contribution in [2.75, 3.05) is 4.90 Å². The number of thioether (sulfide) groups is 1. The van der Waals surface area contributed by atoms with Gasteiger partial charge in [0.15, 0.2) is 5.17 Å². The Labute approximate surface area is 181 Å². The van der Waals surface area contributed by atoms with E-state index in [4.69, 9.17) is 0 Å². The van der Waals surface area contributed by atoms with Crippen LogP contribution in [0.3, 0.4) is 0 Å². The number of carbonyl (C=O) groups is 1. The Kier molecular flexibility index (Phi) is 5.90. The molecule has 0 saturated carbocycles. The number of halogens is 1. The summed E-state index contributed by atoms with van der Waals surface area (Å²) in [6.45, 7) is 0. The van der Waals surface area contributed by atoms with Crippen LogP contribution in [0.1, 0.15) is 11.1 Å². The molecular formula is C23H16FN3O3S. The summed E-state index contributed by atoms with van der Waals surface area (Å²) in [6.07, 6.45) is 1.71. The van der Waals surface area contributed by atoms with Crippen LogP contribution >= 0.6 is 11.8 Å². The Morgan fingerprint density at radius 1 is 1.00 bits per heavy atom. The van der Waals surface area contributed by atoms with E-state index in [9.17, 15) is 19.3 Å². The Morgan fingerprint density at radius 2 is 1.68 bits per heavy atom. The highest BCUT2D eigenvalue weighted by molar-refractivity contribution is 8.13. The van der Waals surface area contributed by atoms with Crippen molar-refractivity contribution in [3.05, 3.63) is 112 Å². The number of amides is 1. The number of hydrogen-bond donors (Lipinski definition) is 0. The second-order valence-electron chi connectivity index (χ2n) is 6.66. The molecule has 0 radical (unpaired) electrons. The lowest BCUT2D eigenvalue weighted by Crippen LogP contribution is -2.30. The maximum Gasteiger partial charge on any atom is 0.283 e. The molecule has 4 rings (SSSR count). The third-order valence-electron chi connectivity index (χ3n) is 4.53. The largest absolute Gasteiger partial charge is 0.283 e. The number of anilines is 1. The Balaban J connectivity index is 1.62. The van der Waals surface area contributed by atoms with Crippen molar-refractivity contribution in [1.82, 2.24) is 0 Å². The third kappa shape index (κ3) is 4.70. The lowest BCUT2D eigenvalue weighted by atomic mass is 10.2. The fraction of sp³-hybridized carbons (Fsp3) is 0.0435. The van der Waals surface area contributed by atoms with E-state index in [1.54, 1.807) is 18.2 Å². The van der Waals surface area contributed by atoms with Crippen LogP contribution < -0.4 is 4.90 Å². The summed E-state index contributed by atoms with van der Waals surface area (Å²) >= 11 is 1.33. The quantitative estimate of drug-likeness (QED) is 0.306. The van der Waals surface area contributed by atoms with Crippen LogP contribution in [0.15, 0.2) is 89.6 Å². The zero-order valence-corrected chi connectivity index (χ0v) is 17.0. The summed E-state index contributed by atoms with van der Waals surface area (Å²) in [5.74, 6) is -0.241. The zero-order chi connectivity index (χ0) is 21.8. The molecular weight excluding hydrogens is 417 g/mol. The molecule has 154 valence electrons. The lowest BCUT2D eigenvalue weighted by Gasteiger charge is -2.17. The van der Waals surface area contributed by atoms with Crippen molar-refractivity contribution >= 4 is 40.3 Å². The normalized spacial score (nSPS) is 14.7. The van der Waals surface area contributed by atoms with E-state index < -0.39 is 10.7 Å². The number of aliphatic imine (C=N–C) groups is 1. The SMILES string of the molecule is O=C1/C(=C/c2ccccc2)N=C(SCc2ccc([N+](=O)[O-])cc2)N1c1ccc(F)cc1. The van der Waals surface area contributed by atoms with E-state index in [1.165, 1.54) is 53.1 Å². The summed E-state index contributed by atoms with van der Waals surface area (Å²) in [5.41, 5.74) is 2.50. The molecule has 0 spiro atoms. The first-order chi connectivity index (χ1) is 15.0. The van der Waals surface area contributed by atoms with Gasteiger partial charge in [-0.15, -0.1) is 0 Å². The van der Waals surface area contributed by atoms with E-state index in [0.717, 1.165) is 11.1 Å². The zero-order valence-electron chi connectivity index (χ0n) is 16.1. The van der Waals surface area contributed by atoms with Gasteiger partial charge in [-0.2, -0.15) is 0 Å². The van der Waals surface area contributed by atoms with Crippen molar-refractivity contribution in [2.24, 2.45) is 4.99 Å². The van der Waals surface area contributed by atoms with Gasteiger partial charge in [0.25, 0.3) is 11.6 Å². The number of amidine groups is 1. The van der Waals surface area contributed by atoms with Crippen molar-refractivity contribution in [1.29, 1.82) is 0 Å². The highest BCUT2D eigenvalue weighted by Crippen LogP contribution is 2.31. The molecule has 1 aliphatic rings. The number of non-ortho nitro benzene ring substituents is 1. The molecule has 1 heterocycles. The van der Waals surface area contributed by atoms with Crippen molar-refractivity contribution < 1.29 is 14.1 Å². The average Bonchev–Trinajstić information content (AvgIpc) is 3.09. The van der Waals surface area contributed by atoms with Crippen LogP contribution in [0.5, 0.6) is 0 Å². The fourth-order valence-electron chi connectivity index (χ4n) is 2.98. The topological polar surface area (TPSA) is 75.8 Å². The standard InChI is InChI=1S/C23H16FN3O3S/c24-18-8-12-19(13-9-18)26-22(28)21(14-16-4-2-1-3-5-16)25-23(26)31-15-17-6-10-20(11-7-17)27(29)30/h1-14H,15H2/b21-14-. The molecule has 0 aromatic heterocycles. The van der Waals surface area contributed by atoms with Gasteiger partial charge >= 0.3 is 0 Å². The minimum Gasteiger partial charge on any atom is -0.266 e. The average molecular weight is 433 g/mol. The van der Waals surface area contributed by atoms with E-state index in [1.807, 2.05) is 30.3 Å². The van der Waals surface area contributed by atoms with Crippen molar-refractivity contribution in [3.8, 4) is 0 Å². The predicted molar refractivity (Wildman–Crippen MR) is 120 cm³/mol. The maximum atomic E-state index is 13.4. The number of rotatable bonds is 5. The molecule has 8 heteroatoms. The van der Waals surface area contributed by atoms with Gasteiger partial charge in [-0.25, -0.2) is 9.38 Å². The summed E-state index contributed by atoms with van der Waals surface area (Å²) in [6, 6.07) is 21.2. The summed E-state index contributed by atoms with van der Waals surface area (Å²) in [5, 5.41) is 11.3. The molecule has 3 aromatic rings. The number of benzene rings is 3. The van der Waals surface area contributed by atoms with Crippen molar-refractivity contribution in [2.45, 2.75) is 5.75 Å². The number of carbonyl (C=O) groups excluding carboxylic acids is 1. The van der Waals surface area contributed by atoms with Crippen LogP contribution in [-0.2, 0) is 10.5 Å². The highest BCUT2D eigenvalue weighted by atomic mass is 32.2. The molecule has 0 saturated heterocycles. The molecule has 1 amide bonds. The minimum absolute atomic E-state index is 0.0168. The van der Waals surface area contributed by atoms with E-state index >= 15 is 0 Å². The first-order valence-electron chi connectivity index (χ1n) is 9.33. The predicted octanol–water partition coefficient (Wildman–Crippen LogP) is 5.41. The van der Waals surface area contributed by atoms with Crippen LogP contribution in [0.25, 0.3) is 6.08 Å².